The highest BCUT2D eigenvalue weighted by Crippen LogP contribution is 2.08. The first-order chi connectivity index (χ1) is 12.1. The van der Waals surface area contributed by atoms with Crippen LogP contribution >= 0.6 is 0 Å². The highest BCUT2D eigenvalue weighted by Gasteiger charge is 2.10. The summed E-state index contributed by atoms with van der Waals surface area (Å²) >= 11 is 0. The van der Waals surface area contributed by atoms with Crippen molar-refractivity contribution in [3.05, 3.63) is 71.8 Å². The maximum absolute atomic E-state index is 13.5. The molecule has 2 aromatic carbocycles. The molecule has 1 heterocycles. The minimum atomic E-state index is -0.524. The molecule has 2 amide bonds. The second kappa shape index (κ2) is 7.30. The molecule has 126 valence electrons. The summed E-state index contributed by atoms with van der Waals surface area (Å²) in [6.45, 7) is 0. The number of amides is 2. The highest BCUT2D eigenvalue weighted by atomic mass is 19.1. The van der Waals surface area contributed by atoms with Crippen molar-refractivity contribution in [2.45, 2.75) is 6.42 Å². The van der Waals surface area contributed by atoms with Crippen LogP contribution in [0.1, 0.15) is 15.9 Å². The molecule has 9 heteroatoms. The van der Waals surface area contributed by atoms with E-state index >= 15 is 0 Å². The van der Waals surface area contributed by atoms with Crippen LogP contribution in [0.5, 0.6) is 0 Å². The Labute approximate surface area is 141 Å². The summed E-state index contributed by atoms with van der Waals surface area (Å²) < 4.78 is 14.9. The number of tetrazole rings is 1. The minimum absolute atomic E-state index is 0.175. The van der Waals surface area contributed by atoms with Crippen molar-refractivity contribution >= 4 is 11.8 Å². The molecule has 0 spiro atoms. The molecule has 0 saturated heterocycles. The predicted molar refractivity (Wildman–Crippen MR) is 84.9 cm³/mol. The van der Waals surface area contributed by atoms with Gasteiger partial charge >= 0.3 is 0 Å². The lowest BCUT2D eigenvalue weighted by Crippen LogP contribution is -2.42. The first-order valence-corrected chi connectivity index (χ1v) is 7.29. The fraction of sp³-hybridized carbons (Fsp3) is 0.0625. The van der Waals surface area contributed by atoms with Crippen LogP contribution in [0.15, 0.2) is 54.9 Å². The van der Waals surface area contributed by atoms with Crippen LogP contribution in [0.2, 0.25) is 0 Å². The zero-order chi connectivity index (χ0) is 17.6. The summed E-state index contributed by atoms with van der Waals surface area (Å²) in [5.41, 5.74) is 5.81. The van der Waals surface area contributed by atoms with Crippen LogP contribution in [0.25, 0.3) is 5.69 Å². The molecule has 8 nitrogen and oxygen atoms in total. The van der Waals surface area contributed by atoms with Crippen LogP contribution in [0, 0.1) is 5.82 Å². The van der Waals surface area contributed by atoms with Gasteiger partial charge in [0, 0.05) is 5.56 Å². The van der Waals surface area contributed by atoms with E-state index in [2.05, 4.69) is 26.4 Å². The standard InChI is InChI=1S/C16H13FN6O2/c17-14-4-2-1-3-12(14)9-15(24)19-20-16(25)11-5-7-13(8-6-11)23-10-18-21-22-23/h1-8,10H,9H2,(H,19,24)(H,20,25). The smallest absolute Gasteiger partial charge is 0.269 e. The van der Waals surface area contributed by atoms with Gasteiger partial charge in [0.1, 0.15) is 12.1 Å². The Bertz CT molecular complexity index is 880. The van der Waals surface area contributed by atoms with Gasteiger partial charge in [-0.25, -0.2) is 9.07 Å². The predicted octanol–water partition coefficient (Wildman–Crippen LogP) is 0.805. The average Bonchev–Trinajstić information content (AvgIpc) is 3.16. The zero-order valence-electron chi connectivity index (χ0n) is 12.9. The zero-order valence-corrected chi connectivity index (χ0v) is 12.9. The molecule has 3 rings (SSSR count). The van der Waals surface area contributed by atoms with Gasteiger partial charge in [-0.3, -0.25) is 20.4 Å². The molecule has 0 unspecified atom stereocenters. The lowest BCUT2D eigenvalue weighted by Gasteiger charge is -2.08. The Balaban J connectivity index is 1.55. The van der Waals surface area contributed by atoms with Crippen molar-refractivity contribution in [2.24, 2.45) is 0 Å². The number of benzene rings is 2. The first-order valence-electron chi connectivity index (χ1n) is 7.29. The molecule has 0 saturated carbocycles. The number of halogens is 1. The van der Waals surface area contributed by atoms with Crippen LogP contribution in [0.4, 0.5) is 4.39 Å². The summed E-state index contributed by atoms with van der Waals surface area (Å²) in [5.74, 6) is -1.49. The lowest BCUT2D eigenvalue weighted by molar-refractivity contribution is -0.121. The number of hydrogen-bond acceptors (Lipinski definition) is 5. The number of rotatable bonds is 4. The maximum atomic E-state index is 13.5. The Hall–Kier alpha value is -3.62. The molecule has 0 radical (unpaired) electrons. The molecule has 0 fully saturated rings. The second-order valence-corrected chi connectivity index (χ2v) is 5.07. The first kappa shape index (κ1) is 16.2. The number of hydrazine groups is 1. The van der Waals surface area contributed by atoms with E-state index in [1.165, 1.54) is 29.2 Å². The number of carbonyl (C=O) groups is 2. The minimum Gasteiger partial charge on any atom is -0.273 e. The topological polar surface area (TPSA) is 102 Å². The van der Waals surface area contributed by atoms with E-state index in [1.807, 2.05) is 0 Å². The largest absolute Gasteiger partial charge is 0.273 e. The maximum Gasteiger partial charge on any atom is 0.269 e. The highest BCUT2D eigenvalue weighted by molar-refractivity contribution is 5.95. The molecular formula is C16H13FN6O2. The third-order valence-corrected chi connectivity index (χ3v) is 3.37. The summed E-state index contributed by atoms with van der Waals surface area (Å²) in [6.07, 6.45) is 1.25. The van der Waals surface area contributed by atoms with Gasteiger partial charge in [-0.15, -0.1) is 5.10 Å². The van der Waals surface area contributed by atoms with E-state index in [1.54, 1.807) is 30.3 Å². The fourth-order valence-electron chi connectivity index (χ4n) is 2.10. The van der Waals surface area contributed by atoms with Gasteiger partial charge in [0.15, 0.2) is 0 Å². The van der Waals surface area contributed by atoms with Crippen LogP contribution in [0.3, 0.4) is 0 Å². The van der Waals surface area contributed by atoms with Crippen molar-refractivity contribution in [2.75, 3.05) is 0 Å². The average molecular weight is 340 g/mol. The Morgan fingerprint density at radius 3 is 2.48 bits per heavy atom. The van der Waals surface area contributed by atoms with Crippen LogP contribution in [-0.2, 0) is 11.2 Å². The number of nitrogens with zero attached hydrogens (tertiary/aromatic N) is 4. The summed E-state index contributed by atoms with van der Waals surface area (Å²) in [7, 11) is 0. The van der Waals surface area contributed by atoms with Gasteiger partial charge in [0.25, 0.3) is 5.91 Å². The van der Waals surface area contributed by atoms with E-state index in [4.69, 9.17) is 0 Å². The number of nitrogens with one attached hydrogen (secondary N) is 2. The third-order valence-electron chi connectivity index (χ3n) is 3.37. The van der Waals surface area contributed by atoms with Crippen molar-refractivity contribution in [1.82, 2.24) is 31.1 Å². The Kier molecular flexibility index (Phi) is 4.74. The fourth-order valence-corrected chi connectivity index (χ4v) is 2.10. The van der Waals surface area contributed by atoms with Gasteiger partial charge in [0.05, 0.1) is 12.1 Å². The molecule has 0 aliphatic carbocycles. The number of hydrogen-bond donors (Lipinski definition) is 2. The van der Waals surface area contributed by atoms with E-state index in [0.717, 1.165) is 0 Å². The van der Waals surface area contributed by atoms with E-state index in [-0.39, 0.29) is 12.0 Å². The van der Waals surface area contributed by atoms with Gasteiger partial charge in [-0.2, -0.15) is 0 Å². The number of aromatic nitrogens is 4. The van der Waals surface area contributed by atoms with Gasteiger partial charge in [-0.05, 0) is 46.3 Å². The second-order valence-electron chi connectivity index (χ2n) is 5.07. The normalized spacial score (nSPS) is 10.3. The quantitative estimate of drug-likeness (QED) is 0.684. The number of carbonyl (C=O) groups excluding carboxylic acids is 2. The Morgan fingerprint density at radius 1 is 1.04 bits per heavy atom. The van der Waals surface area contributed by atoms with Crippen LogP contribution in [-0.4, -0.2) is 32.0 Å². The Morgan fingerprint density at radius 2 is 1.80 bits per heavy atom. The van der Waals surface area contributed by atoms with Crippen molar-refractivity contribution in [1.29, 1.82) is 0 Å². The monoisotopic (exact) mass is 340 g/mol. The van der Waals surface area contributed by atoms with Crippen molar-refractivity contribution < 1.29 is 14.0 Å². The molecule has 3 aromatic rings. The molecule has 25 heavy (non-hydrogen) atoms. The van der Waals surface area contributed by atoms with Gasteiger partial charge in [-0.1, -0.05) is 18.2 Å². The summed E-state index contributed by atoms with van der Waals surface area (Å²) in [4.78, 5) is 23.8. The van der Waals surface area contributed by atoms with E-state index in [9.17, 15) is 14.0 Å². The molecule has 2 N–H and O–H groups in total. The van der Waals surface area contributed by atoms with Crippen LogP contribution < -0.4 is 10.9 Å². The molecular weight excluding hydrogens is 327 g/mol. The third kappa shape index (κ3) is 4.02. The van der Waals surface area contributed by atoms with Crippen molar-refractivity contribution in [3.8, 4) is 5.69 Å². The van der Waals surface area contributed by atoms with Gasteiger partial charge < -0.3 is 0 Å². The SMILES string of the molecule is O=C(Cc1ccccc1F)NNC(=O)c1ccc(-n2cnnn2)cc1. The van der Waals surface area contributed by atoms with Crippen molar-refractivity contribution in [3.63, 3.8) is 0 Å². The molecule has 0 aliphatic rings. The molecule has 0 bridgehead atoms. The molecule has 0 atom stereocenters. The van der Waals surface area contributed by atoms with E-state index < -0.39 is 17.6 Å². The molecule has 1 aromatic heterocycles. The molecule has 0 aliphatic heterocycles. The summed E-state index contributed by atoms with van der Waals surface area (Å²) in [6, 6.07) is 12.4. The lowest BCUT2D eigenvalue weighted by atomic mass is 10.1. The van der Waals surface area contributed by atoms with E-state index in [0.29, 0.717) is 11.3 Å². The van der Waals surface area contributed by atoms with Gasteiger partial charge in [0.2, 0.25) is 5.91 Å². The summed E-state index contributed by atoms with van der Waals surface area (Å²) in [5, 5.41) is 10.8.